The van der Waals surface area contributed by atoms with Gasteiger partial charge < -0.3 is 5.32 Å². The van der Waals surface area contributed by atoms with E-state index >= 15 is 0 Å². The first kappa shape index (κ1) is 12.9. The van der Waals surface area contributed by atoms with Crippen LogP contribution in [0.15, 0.2) is 36.4 Å². The van der Waals surface area contributed by atoms with E-state index < -0.39 is 0 Å². The zero-order chi connectivity index (χ0) is 15.4. The molecule has 23 heavy (non-hydrogen) atoms. The molecule has 2 aliphatic rings. The van der Waals surface area contributed by atoms with Crippen LogP contribution in [0.1, 0.15) is 24.0 Å². The number of aromatic nitrogens is 2. The molecule has 3 aromatic rings. The Morgan fingerprint density at radius 2 is 2.00 bits per heavy atom. The number of aromatic amines is 1. The van der Waals surface area contributed by atoms with Gasteiger partial charge in [0.05, 0.1) is 5.52 Å². The Morgan fingerprint density at radius 3 is 2.87 bits per heavy atom. The molecule has 1 aromatic heterocycles. The number of carbonyl (C=O) groups excluding carboxylic acids is 1. The molecule has 114 valence electrons. The molecule has 0 bridgehead atoms. The van der Waals surface area contributed by atoms with E-state index in [0.717, 1.165) is 48.1 Å². The summed E-state index contributed by atoms with van der Waals surface area (Å²) in [6, 6.07) is 12.5. The Morgan fingerprint density at radius 1 is 1.13 bits per heavy atom. The molecule has 1 heterocycles. The van der Waals surface area contributed by atoms with E-state index in [1.165, 1.54) is 16.5 Å². The fourth-order valence-corrected chi connectivity index (χ4v) is 3.58. The number of nitrogens with one attached hydrogen (secondary N) is 2. The molecule has 2 aromatic carbocycles. The molecule has 0 radical (unpaired) electrons. The van der Waals surface area contributed by atoms with Crippen molar-refractivity contribution in [2.45, 2.75) is 25.7 Å². The van der Waals surface area contributed by atoms with Crippen LogP contribution in [-0.2, 0) is 17.6 Å². The summed E-state index contributed by atoms with van der Waals surface area (Å²) in [5.74, 6) is 0.373. The predicted molar refractivity (Wildman–Crippen MR) is 90.3 cm³/mol. The van der Waals surface area contributed by atoms with Crippen LogP contribution in [0.2, 0.25) is 0 Å². The van der Waals surface area contributed by atoms with Crippen LogP contribution in [0, 0.1) is 5.92 Å². The van der Waals surface area contributed by atoms with Crippen LogP contribution in [0.3, 0.4) is 0 Å². The number of hydrogen-bond donors (Lipinski definition) is 2. The summed E-state index contributed by atoms with van der Waals surface area (Å²) in [5, 5.41) is 12.1. The number of benzene rings is 2. The lowest BCUT2D eigenvalue weighted by atomic mass is 10.00. The fraction of sp³-hybridized carbons (Fsp3) is 0.263. The van der Waals surface area contributed by atoms with Crippen LogP contribution in [-0.4, -0.2) is 16.1 Å². The third kappa shape index (κ3) is 1.98. The predicted octanol–water partition coefficient (Wildman–Crippen LogP) is 3.68. The van der Waals surface area contributed by atoms with Crippen molar-refractivity contribution in [1.29, 1.82) is 0 Å². The van der Waals surface area contributed by atoms with Gasteiger partial charge in [0.15, 0.2) is 0 Å². The molecule has 1 fully saturated rings. The first-order chi connectivity index (χ1) is 11.3. The van der Waals surface area contributed by atoms with E-state index in [9.17, 15) is 4.79 Å². The second-order valence-corrected chi connectivity index (χ2v) is 6.51. The standard InChI is InChI=1S/C19H17N3O/c23-19(12-7-8-12)20-15-5-2-4-14-13(15)10-9-11-3-1-6-16-17(11)18(14)22-21-16/h1-6,12H,7-10H2,(H,20,23)(H,21,22). The molecule has 1 amide bonds. The van der Waals surface area contributed by atoms with Crippen molar-refractivity contribution < 1.29 is 4.79 Å². The number of rotatable bonds is 2. The Hall–Kier alpha value is -2.62. The van der Waals surface area contributed by atoms with Crippen molar-refractivity contribution in [3.05, 3.63) is 47.5 Å². The number of aryl methyl sites for hydroxylation is 1. The van der Waals surface area contributed by atoms with Gasteiger partial charge in [-0.15, -0.1) is 0 Å². The van der Waals surface area contributed by atoms with E-state index in [0.29, 0.717) is 0 Å². The second kappa shape index (κ2) is 4.69. The Balaban J connectivity index is 1.66. The van der Waals surface area contributed by atoms with Gasteiger partial charge in [-0.2, -0.15) is 5.10 Å². The van der Waals surface area contributed by atoms with Gasteiger partial charge in [0.2, 0.25) is 5.91 Å². The third-order valence-corrected chi connectivity index (χ3v) is 4.96. The lowest BCUT2D eigenvalue weighted by Crippen LogP contribution is -2.15. The number of hydrogen-bond acceptors (Lipinski definition) is 2. The van der Waals surface area contributed by atoms with Gasteiger partial charge in [-0.1, -0.05) is 24.3 Å². The van der Waals surface area contributed by atoms with Crippen molar-refractivity contribution >= 4 is 22.5 Å². The molecule has 0 spiro atoms. The van der Waals surface area contributed by atoms with Crippen molar-refractivity contribution in [2.75, 3.05) is 5.32 Å². The highest BCUT2D eigenvalue weighted by Crippen LogP contribution is 2.39. The monoisotopic (exact) mass is 303 g/mol. The van der Waals surface area contributed by atoms with Crippen molar-refractivity contribution in [2.24, 2.45) is 5.92 Å². The zero-order valence-electron chi connectivity index (χ0n) is 12.7. The Bertz CT molecular complexity index is 937. The molecule has 0 saturated heterocycles. The summed E-state index contributed by atoms with van der Waals surface area (Å²) in [6.07, 6.45) is 3.93. The van der Waals surface area contributed by atoms with Gasteiger partial charge in [-0.3, -0.25) is 9.89 Å². The van der Waals surface area contributed by atoms with E-state index in [1.807, 2.05) is 12.1 Å². The molecule has 5 rings (SSSR count). The average Bonchev–Trinajstić information content (AvgIpc) is 3.34. The molecule has 1 saturated carbocycles. The van der Waals surface area contributed by atoms with E-state index in [4.69, 9.17) is 0 Å². The third-order valence-electron chi connectivity index (χ3n) is 4.96. The minimum Gasteiger partial charge on any atom is -0.326 e. The lowest BCUT2D eigenvalue weighted by Gasteiger charge is -2.13. The van der Waals surface area contributed by atoms with E-state index in [-0.39, 0.29) is 11.8 Å². The summed E-state index contributed by atoms with van der Waals surface area (Å²) < 4.78 is 0. The number of H-pyrrole nitrogens is 1. The van der Waals surface area contributed by atoms with Gasteiger partial charge in [0, 0.05) is 22.6 Å². The Labute approximate surface area is 133 Å². The van der Waals surface area contributed by atoms with Crippen molar-refractivity contribution in [3.63, 3.8) is 0 Å². The maximum Gasteiger partial charge on any atom is 0.227 e. The summed E-state index contributed by atoms with van der Waals surface area (Å²) in [5.41, 5.74) is 6.69. The summed E-state index contributed by atoms with van der Waals surface area (Å²) in [6.45, 7) is 0. The first-order valence-corrected chi connectivity index (χ1v) is 8.20. The number of nitrogens with zero attached hydrogens (tertiary/aromatic N) is 1. The maximum atomic E-state index is 12.2. The molecule has 0 aliphatic heterocycles. The van der Waals surface area contributed by atoms with Gasteiger partial charge in [-0.05, 0) is 48.9 Å². The smallest absolute Gasteiger partial charge is 0.227 e. The summed E-state index contributed by atoms with van der Waals surface area (Å²) in [7, 11) is 0. The summed E-state index contributed by atoms with van der Waals surface area (Å²) >= 11 is 0. The number of amides is 1. The average molecular weight is 303 g/mol. The molecular weight excluding hydrogens is 286 g/mol. The number of fused-ring (bicyclic) bond motifs is 2. The van der Waals surface area contributed by atoms with E-state index in [2.05, 4.69) is 39.8 Å². The number of carbonyl (C=O) groups is 1. The molecule has 4 nitrogen and oxygen atoms in total. The molecular formula is C19H17N3O. The highest BCUT2D eigenvalue weighted by Gasteiger charge is 2.30. The minimum atomic E-state index is 0.160. The van der Waals surface area contributed by atoms with Crippen LogP contribution >= 0.6 is 0 Å². The lowest BCUT2D eigenvalue weighted by molar-refractivity contribution is -0.117. The zero-order valence-corrected chi connectivity index (χ0v) is 12.7. The highest BCUT2D eigenvalue weighted by atomic mass is 16.2. The topological polar surface area (TPSA) is 57.8 Å². The first-order valence-electron chi connectivity index (χ1n) is 8.20. The van der Waals surface area contributed by atoms with Crippen LogP contribution in [0.25, 0.3) is 22.2 Å². The van der Waals surface area contributed by atoms with Crippen molar-refractivity contribution in [3.8, 4) is 11.3 Å². The molecule has 2 N–H and O–H groups in total. The van der Waals surface area contributed by atoms with Crippen LogP contribution in [0.4, 0.5) is 5.69 Å². The highest BCUT2D eigenvalue weighted by molar-refractivity contribution is 6.00. The normalized spacial score (nSPS) is 16.0. The largest absolute Gasteiger partial charge is 0.326 e. The van der Waals surface area contributed by atoms with Crippen LogP contribution < -0.4 is 5.32 Å². The molecule has 0 atom stereocenters. The number of anilines is 1. The fourth-order valence-electron chi connectivity index (χ4n) is 3.58. The minimum absolute atomic E-state index is 0.160. The quantitative estimate of drug-likeness (QED) is 0.759. The second-order valence-electron chi connectivity index (χ2n) is 6.51. The van der Waals surface area contributed by atoms with Crippen LogP contribution in [0.5, 0.6) is 0 Å². The SMILES string of the molecule is O=C(Nc1cccc2c1CCc1cccc3[nH]nc-2c13)C1CC1. The summed E-state index contributed by atoms with van der Waals surface area (Å²) in [4.78, 5) is 12.2. The van der Waals surface area contributed by atoms with E-state index in [1.54, 1.807) is 0 Å². The van der Waals surface area contributed by atoms with Crippen molar-refractivity contribution in [1.82, 2.24) is 10.2 Å². The molecule has 2 aliphatic carbocycles. The van der Waals surface area contributed by atoms with Gasteiger partial charge >= 0.3 is 0 Å². The molecule has 0 unspecified atom stereocenters. The maximum absolute atomic E-state index is 12.2. The van der Waals surface area contributed by atoms with Gasteiger partial charge in [-0.25, -0.2) is 0 Å². The Kier molecular flexibility index (Phi) is 2.62. The molecule has 4 heteroatoms. The van der Waals surface area contributed by atoms with Gasteiger partial charge in [0.1, 0.15) is 5.69 Å². The van der Waals surface area contributed by atoms with Gasteiger partial charge in [0.25, 0.3) is 0 Å².